The van der Waals surface area contributed by atoms with Crippen LogP contribution in [0.3, 0.4) is 0 Å². The quantitative estimate of drug-likeness (QED) is 0.126. The number of hydrogen-bond acceptors (Lipinski definition) is 1. The molecule has 1 aliphatic heterocycles. The minimum Gasteiger partial charge on any atom is -0.135 e. The van der Waals surface area contributed by atoms with Crippen molar-refractivity contribution in [1.82, 2.24) is 0 Å². The van der Waals surface area contributed by atoms with Gasteiger partial charge in [-0.05, 0) is 194 Å². The van der Waals surface area contributed by atoms with E-state index in [2.05, 4.69) is 257 Å². The third-order valence-corrected chi connectivity index (χ3v) is 25.6. The van der Waals surface area contributed by atoms with Crippen LogP contribution in [0.2, 0.25) is 0 Å². The maximum absolute atomic E-state index is 2.78. The lowest BCUT2D eigenvalue weighted by atomic mass is 9.30. The van der Waals surface area contributed by atoms with E-state index in [1.165, 1.54) is 142 Å². The van der Waals surface area contributed by atoms with Crippen LogP contribution in [0.25, 0.3) is 20.2 Å². The van der Waals surface area contributed by atoms with Gasteiger partial charge in [0.15, 0.2) is 0 Å². The van der Waals surface area contributed by atoms with E-state index in [4.69, 9.17) is 0 Å². The number of benzene rings is 8. The second-order valence-electron chi connectivity index (χ2n) is 32.3. The zero-order valence-corrected chi connectivity index (χ0v) is 56.2. The highest BCUT2D eigenvalue weighted by atomic mass is 32.1. The number of fused-ring (bicyclic) bond motifs is 11. The molecule has 5 aliphatic rings. The smallest absolute Gasteiger partial charge is 0.135 e. The zero-order valence-electron chi connectivity index (χ0n) is 55.4. The molecular weight excluding hydrogens is 1050 g/mol. The molecule has 5 atom stereocenters. The van der Waals surface area contributed by atoms with Crippen LogP contribution in [0.5, 0.6) is 0 Å². The summed E-state index contributed by atoms with van der Waals surface area (Å²) in [5.41, 5.74) is 32.2. The van der Waals surface area contributed by atoms with E-state index in [9.17, 15) is 0 Å². The van der Waals surface area contributed by atoms with Gasteiger partial charge < -0.3 is 0 Å². The first-order chi connectivity index (χ1) is 40.6. The summed E-state index contributed by atoms with van der Waals surface area (Å²) >= 11 is 1.99. The Morgan fingerprint density at radius 1 is 0.535 bits per heavy atom. The highest BCUT2D eigenvalue weighted by Gasteiger charge is 2.58. The largest absolute Gasteiger partial charge is 0.242 e. The van der Waals surface area contributed by atoms with Crippen molar-refractivity contribution in [2.75, 3.05) is 0 Å². The molecule has 4 aliphatic carbocycles. The first kappa shape index (κ1) is 57.8. The average Bonchev–Trinajstić information content (AvgIpc) is 0.985. The van der Waals surface area contributed by atoms with Crippen molar-refractivity contribution in [1.29, 1.82) is 0 Å². The molecule has 0 radical (unpaired) electrons. The lowest BCUT2D eigenvalue weighted by molar-refractivity contribution is 0.0763. The van der Waals surface area contributed by atoms with Crippen LogP contribution in [0.15, 0.2) is 140 Å². The molecule has 9 aromatic rings. The molecular formula is C84H95BS. The van der Waals surface area contributed by atoms with Crippen molar-refractivity contribution < 1.29 is 0 Å². The number of aryl methyl sites for hydroxylation is 5. The van der Waals surface area contributed by atoms with Gasteiger partial charge in [0, 0.05) is 42.8 Å². The van der Waals surface area contributed by atoms with Gasteiger partial charge in [0.05, 0.1) is 0 Å². The van der Waals surface area contributed by atoms with Crippen molar-refractivity contribution in [3.05, 3.63) is 240 Å². The van der Waals surface area contributed by atoms with E-state index in [0.717, 1.165) is 19.3 Å². The molecule has 0 spiro atoms. The molecule has 440 valence electrons. The van der Waals surface area contributed by atoms with Gasteiger partial charge in [0.1, 0.15) is 0 Å². The molecule has 0 saturated heterocycles. The van der Waals surface area contributed by atoms with Gasteiger partial charge in [0.25, 0.3) is 0 Å². The van der Waals surface area contributed by atoms with Gasteiger partial charge in [-0.3, -0.25) is 0 Å². The zero-order chi connectivity index (χ0) is 60.6. The maximum atomic E-state index is 2.78. The number of thiophene rings is 1. The lowest BCUT2D eigenvalue weighted by Crippen LogP contribution is -2.60. The Kier molecular flexibility index (Phi) is 13.3. The summed E-state index contributed by atoms with van der Waals surface area (Å²) in [6.07, 6.45) is 10.8. The van der Waals surface area contributed by atoms with Crippen LogP contribution in [0.4, 0.5) is 0 Å². The summed E-state index contributed by atoms with van der Waals surface area (Å²) in [4.78, 5) is 0. The Morgan fingerprint density at radius 3 is 1.94 bits per heavy atom. The van der Waals surface area contributed by atoms with Crippen molar-refractivity contribution in [3.8, 4) is 0 Å². The van der Waals surface area contributed by atoms with Gasteiger partial charge in [-0.1, -0.05) is 271 Å². The fraction of sp³-hybridized carbons (Fsp3) is 0.429. The Morgan fingerprint density at radius 2 is 1.21 bits per heavy atom. The lowest BCUT2D eigenvalue weighted by Gasteiger charge is -2.49. The molecule has 1 fully saturated rings. The van der Waals surface area contributed by atoms with Crippen molar-refractivity contribution in [2.24, 2.45) is 5.41 Å². The standard InChI is InChI=1S/C84H95BS/c1-50-41-52(3)76-64(42-50)58(35-33-55-45-70-69(43-51(55)2)79(8,9)49-80(70,10)11)63-47-71-72(82(14,15)67-29-20-19-28-66(67)81(71,12)13)48-74(63)85(76)73-38-32-54(44-62(73)53(4)57-26-24-27-60-59-25-18-21-30-75(59)86-77(57)60)31-37-65-61-36-34-56(78(5,6)7)46-68(61)84(17)40-23-22-39-83(65,84)16/h18-21,24-30,32,34,36,38,41-48,53,58,65H,22-23,31,33,35,37,39-40,49H2,1-17H3. The third kappa shape index (κ3) is 8.60. The van der Waals surface area contributed by atoms with Gasteiger partial charge in [-0.15, -0.1) is 11.3 Å². The topological polar surface area (TPSA) is 0 Å². The van der Waals surface area contributed by atoms with Crippen LogP contribution in [0.1, 0.15) is 260 Å². The molecule has 8 aromatic carbocycles. The van der Waals surface area contributed by atoms with Crippen molar-refractivity contribution in [3.63, 3.8) is 0 Å². The summed E-state index contributed by atoms with van der Waals surface area (Å²) in [5.74, 6) is 0.907. The summed E-state index contributed by atoms with van der Waals surface area (Å²) in [6.45, 7) is 42.3. The summed E-state index contributed by atoms with van der Waals surface area (Å²) in [6, 6.07) is 57.4. The van der Waals surface area contributed by atoms with E-state index in [-0.39, 0.29) is 56.5 Å². The minimum absolute atomic E-state index is 0.0525. The monoisotopic (exact) mass is 1150 g/mol. The Bertz CT molecular complexity index is 4260. The van der Waals surface area contributed by atoms with Crippen LogP contribution < -0.4 is 16.4 Å². The molecule has 2 heteroatoms. The summed E-state index contributed by atoms with van der Waals surface area (Å²) in [5, 5.41) is 2.76. The van der Waals surface area contributed by atoms with E-state index in [1.54, 1.807) is 33.4 Å². The molecule has 0 nitrogen and oxygen atoms in total. The first-order valence-corrected chi connectivity index (χ1v) is 34.2. The fourth-order valence-corrected chi connectivity index (χ4v) is 20.9. The van der Waals surface area contributed by atoms with E-state index < -0.39 is 0 Å². The maximum Gasteiger partial charge on any atom is 0.242 e. The molecule has 0 N–H and O–H groups in total. The van der Waals surface area contributed by atoms with E-state index >= 15 is 0 Å². The van der Waals surface area contributed by atoms with Crippen LogP contribution in [-0.4, -0.2) is 6.71 Å². The SMILES string of the molecule is Cc1cc(C)c2c(c1)C(CCc1cc3c(cc1C)C(C)(C)CC3(C)C)c1cc3c(cc1B2c1ccc(CCC2c4ccc(C(C)(C)C)cc4C4(C)CCCCC24C)cc1C(C)c1cccc2c1sc1ccccc12)C(C)(C)c1ccccc1C3(C)C. The second-order valence-corrected chi connectivity index (χ2v) is 33.4. The summed E-state index contributed by atoms with van der Waals surface area (Å²) < 4.78 is 2.80. The van der Waals surface area contributed by atoms with Gasteiger partial charge in [0.2, 0.25) is 6.71 Å². The molecule has 0 bridgehead atoms. The Labute approximate surface area is 522 Å². The fourth-order valence-electron chi connectivity index (χ4n) is 19.6. The average molecular weight is 1150 g/mol. The van der Waals surface area contributed by atoms with Gasteiger partial charge in [-0.25, -0.2) is 0 Å². The molecule has 2 heterocycles. The van der Waals surface area contributed by atoms with Gasteiger partial charge in [-0.2, -0.15) is 0 Å². The van der Waals surface area contributed by atoms with E-state index in [1.807, 2.05) is 11.3 Å². The highest BCUT2D eigenvalue weighted by molar-refractivity contribution is 7.26. The normalized spacial score (nSPS) is 23.1. The second kappa shape index (κ2) is 19.8. The van der Waals surface area contributed by atoms with Crippen LogP contribution >= 0.6 is 11.3 Å². The highest BCUT2D eigenvalue weighted by Crippen LogP contribution is 2.66. The molecule has 1 aromatic heterocycles. The van der Waals surface area contributed by atoms with Crippen molar-refractivity contribution in [2.45, 2.75) is 226 Å². The van der Waals surface area contributed by atoms with Crippen LogP contribution in [0, 0.1) is 26.2 Å². The van der Waals surface area contributed by atoms with Crippen LogP contribution in [-0.2, 0) is 45.3 Å². The van der Waals surface area contributed by atoms with Gasteiger partial charge >= 0.3 is 0 Å². The third-order valence-electron chi connectivity index (χ3n) is 24.4. The summed E-state index contributed by atoms with van der Waals surface area (Å²) in [7, 11) is 0. The predicted octanol–water partition coefficient (Wildman–Crippen LogP) is 20.5. The number of rotatable bonds is 9. The molecule has 5 unspecified atom stereocenters. The molecule has 1 saturated carbocycles. The van der Waals surface area contributed by atoms with E-state index in [0.29, 0.717) is 5.92 Å². The molecule has 86 heavy (non-hydrogen) atoms. The minimum atomic E-state index is -0.184. The number of hydrogen-bond donors (Lipinski definition) is 0. The molecule has 14 rings (SSSR count). The predicted molar refractivity (Wildman–Crippen MR) is 373 cm³/mol. The first-order valence-electron chi connectivity index (χ1n) is 33.4. The Hall–Kier alpha value is -5.96. The Balaban J connectivity index is 0.966. The molecule has 0 amide bonds. The van der Waals surface area contributed by atoms with Crippen molar-refractivity contribution >= 4 is 54.6 Å².